The topological polar surface area (TPSA) is 0 Å². The van der Waals surface area contributed by atoms with Gasteiger partial charge in [-0.05, 0) is 30.4 Å². The fourth-order valence-electron chi connectivity index (χ4n) is 1.51. The highest BCUT2D eigenvalue weighted by Crippen LogP contribution is 2.40. The van der Waals surface area contributed by atoms with Gasteiger partial charge >= 0.3 is 0 Å². The molecular weight excluding hydrogens is 132 g/mol. The van der Waals surface area contributed by atoms with E-state index in [2.05, 4.69) is 31.2 Å². The molecule has 1 saturated carbocycles. The zero-order valence-electron chi connectivity index (χ0n) is 6.93. The summed E-state index contributed by atoms with van der Waals surface area (Å²) in [6.07, 6.45) is 3.83. The van der Waals surface area contributed by atoms with Gasteiger partial charge < -0.3 is 0 Å². The summed E-state index contributed by atoms with van der Waals surface area (Å²) in [6, 6.07) is 8.76. The van der Waals surface area contributed by atoms with Gasteiger partial charge in [-0.25, -0.2) is 0 Å². The molecule has 2 rings (SSSR count). The molecule has 1 fully saturated rings. The van der Waals surface area contributed by atoms with Crippen molar-refractivity contribution in [1.29, 1.82) is 0 Å². The predicted molar refractivity (Wildman–Crippen MR) is 47.4 cm³/mol. The van der Waals surface area contributed by atoms with E-state index in [9.17, 15) is 0 Å². The molecule has 0 aliphatic heterocycles. The quantitative estimate of drug-likeness (QED) is 0.600. The molecule has 1 aromatic carbocycles. The van der Waals surface area contributed by atoms with E-state index in [1.807, 2.05) is 0 Å². The minimum atomic E-state index is 1.17. The van der Waals surface area contributed by atoms with Crippen molar-refractivity contribution in [3.05, 3.63) is 41.3 Å². The molecule has 0 spiro atoms. The van der Waals surface area contributed by atoms with Gasteiger partial charge in [0.25, 0.3) is 0 Å². The van der Waals surface area contributed by atoms with E-state index in [4.69, 9.17) is 0 Å². The third-order valence-electron chi connectivity index (χ3n) is 2.28. The molecule has 0 nitrogen and oxygen atoms in total. The standard InChI is InChI=1S/C11H13/c1-2-9-5-3-4-6-11(9)10-7-8-10/h3-6H,2,7-8H2,1H3. The van der Waals surface area contributed by atoms with Crippen LogP contribution in [0.4, 0.5) is 0 Å². The van der Waals surface area contributed by atoms with Crippen molar-refractivity contribution in [3.8, 4) is 0 Å². The highest BCUT2D eigenvalue weighted by atomic mass is 14.3. The molecule has 0 aromatic heterocycles. The van der Waals surface area contributed by atoms with Crippen molar-refractivity contribution >= 4 is 0 Å². The van der Waals surface area contributed by atoms with Crippen molar-refractivity contribution in [2.24, 2.45) is 0 Å². The van der Waals surface area contributed by atoms with Crippen LogP contribution in [0, 0.1) is 5.92 Å². The fourth-order valence-corrected chi connectivity index (χ4v) is 1.51. The lowest BCUT2D eigenvalue weighted by molar-refractivity contribution is 1.11. The van der Waals surface area contributed by atoms with Gasteiger partial charge in [-0.15, -0.1) is 0 Å². The molecule has 1 radical (unpaired) electrons. The minimum absolute atomic E-state index is 1.17. The molecular formula is C11H13. The maximum Gasteiger partial charge on any atom is 0.00533 e. The second-order valence-corrected chi connectivity index (χ2v) is 3.11. The number of hydrogen-bond donors (Lipinski definition) is 0. The Morgan fingerprint density at radius 2 is 1.91 bits per heavy atom. The molecule has 0 unspecified atom stereocenters. The van der Waals surface area contributed by atoms with Crippen LogP contribution >= 0.6 is 0 Å². The molecule has 0 amide bonds. The van der Waals surface area contributed by atoms with Gasteiger partial charge in [0.1, 0.15) is 0 Å². The van der Waals surface area contributed by atoms with E-state index >= 15 is 0 Å². The minimum Gasteiger partial charge on any atom is -0.0620 e. The Morgan fingerprint density at radius 3 is 2.55 bits per heavy atom. The van der Waals surface area contributed by atoms with Crippen molar-refractivity contribution in [1.82, 2.24) is 0 Å². The Hall–Kier alpha value is -0.780. The summed E-state index contributed by atoms with van der Waals surface area (Å²) in [5.74, 6) is 1.66. The average molecular weight is 145 g/mol. The number of benzene rings is 1. The molecule has 0 heterocycles. The van der Waals surface area contributed by atoms with Crippen molar-refractivity contribution < 1.29 is 0 Å². The van der Waals surface area contributed by atoms with Gasteiger partial charge in [-0.3, -0.25) is 0 Å². The lowest BCUT2D eigenvalue weighted by Gasteiger charge is -2.03. The summed E-state index contributed by atoms with van der Waals surface area (Å²) < 4.78 is 0. The van der Waals surface area contributed by atoms with Gasteiger partial charge in [0.05, 0.1) is 0 Å². The molecule has 1 aliphatic rings. The first-order valence-corrected chi connectivity index (χ1v) is 4.35. The SMILES string of the molecule is CCc1ccccc1[C]1CC1. The molecule has 11 heavy (non-hydrogen) atoms. The summed E-state index contributed by atoms with van der Waals surface area (Å²) in [6.45, 7) is 2.22. The summed E-state index contributed by atoms with van der Waals surface area (Å²) in [5, 5.41) is 0. The summed E-state index contributed by atoms with van der Waals surface area (Å²) in [7, 11) is 0. The van der Waals surface area contributed by atoms with E-state index in [0.29, 0.717) is 0 Å². The van der Waals surface area contributed by atoms with Crippen LogP contribution in [0.25, 0.3) is 0 Å². The second kappa shape index (κ2) is 2.69. The maximum atomic E-state index is 2.25. The van der Waals surface area contributed by atoms with Crippen LogP contribution in [0.2, 0.25) is 0 Å². The first kappa shape index (κ1) is 6.90. The van der Waals surface area contributed by atoms with Gasteiger partial charge in [-0.2, -0.15) is 0 Å². The first-order valence-electron chi connectivity index (χ1n) is 4.35. The van der Waals surface area contributed by atoms with Crippen LogP contribution in [0.1, 0.15) is 30.9 Å². The van der Waals surface area contributed by atoms with Crippen molar-refractivity contribution in [2.75, 3.05) is 0 Å². The summed E-state index contributed by atoms with van der Waals surface area (Å²) in [4.78, 5) is 0. The lowest BCUT2D eigenvalue weighted by atomic mass is 10.0. The Bertz CT molecular complexity index is 246. The van der Waals surface area contributed by atoms with Gasteiger partial charge in [0.15, 0.2) is 0 Å². The van der Waals surface area contributed by atoms with Gasteiger partial charge in [0, 0.05) is 5.92 Å². The molecule has 0 heteroatoms. The van der Waals surface area contributed by atoms with Crippen LogP contribution in [-0.4, -0.2) is 0 Å². The van der Waals surface area contributed by atoms with Crippen LogP contribution in [0.3, 0.4) is 0 Å². The zero-order valence-corrected chi connectivity index (χ0v) is 6.93. The smallest absolute Gasteiger partial charge is 0.00533 e. The van der Waals surface area contributed by atoms with E-state index in [-0.39, 0.29) is 0 Å². The van der Waals surface area contributed by atoms with Crippen LogP contribution < -0.4 is 0 Å². The Balaban J connectivity index is 2.34. The molecule has 1 aromatic rings. The summed E-state index contributed by atoms with van der Waals surface area (Å²) >= 11 is 0. The molecule has 0 bridgehead atoms. The first-order chi connectivity index (χ1) is 5.42. The van der Waals surface area contributed by atoms with Crippen molar-refractivity contribution in [3.63, 3.8) is 0 Å². The molecule has 0 saturated heterocycles. The number of rotatable bonds is 2. The van der Waals surface area contributed by atoms with E-state index in [1.54, 1.807) is 5.92 Å². The fraction of sp³-hybridized carbons (Fsp3) is 0.364. The second-order valence-electron chi connectivity index (χ2n) is 3.11. The van der Waals surface area contributed by atoms with Crippen LogP contribution in [0.5, 0.6) is 0 Å². The highest BCUT2D eigenvalue weighted by molar-refractivity contribution is 5.43. The monoisotopic (exact) mass is 145 g/mol. The average Bonchev–Trinajstić information content (AvgIpc) is 2.87. The third-order valence-corrected chi connectivity index (χ3v) is 2.28. The van der Waals surface area contributed by atoms with E-state index in [0.717, 1.165) is 0 Å². The Labute approximate surface area is 68.3 Å². The van der Waals surface area contributed by atoms with Crippen molar-refractivity contribution in [2.45, 2.75) is 26.2 Å². The summed E-state index contributed by atoms with van der Waals surface area (Å²) in [5.41, 5.74) is 3.04. The predicted octanol–water partition coefficient (Wildman–Crippen LogP) is 2.97. The van der Waals surface area contributed by atoms with Crippen LogP contribution in [-0.2, 0) is 6.42 Å². The highest BCUT2D eigenvalue weighted by Gasteiger charge is 2.25. The third kappa shape index (κ3) is 1.30. The number of aryl methyl sites for hydroxylation is 1. The molecule has 57 valence electrons. The van der Waals surface area contributed by atoms with Crippen LogP contribution in [0.15, 0.2) is 24.3 Å². The Morgan fingerprint density at radius 1 is 1.18 bits per heavy atom. The van der Waals surface area contributed by atoms with E-state index in [1.165, 1.54) is 30.4 Å². The number of hydrogen-bond acceptors (Lipinski definition) is 0. The zero-order chi connectivity index (χ0) is 7.68. The maximum absolute atomic E-state index is 2.25. The molecule has 1 aliphatic carbocycles. The normalized spacial score (nSPS) is 16.8. The van der Waals surface area contributed by atoms with Gasteiger partial charge in [-0.1, -0.05) is 31.2 Å². The molecule has 0 N–H and O–H groups in total. The molecule has 0 atom stereocenters. The lowest BCUT2D eigenvalue weighted by Crippen LogP contribution is -1.88. The largest absolute Gasteiger partial charge is 0.0620 e. The Kier molecular flexibility index (Phi) is 1.69. The van der Waals surface area contributed by atoms with Gasteiger partial charge in [0.2, 0.25) is 0 Å². The van der Waals surface area contributed by atoms with E-state index < -0.39 is 0 Å².